The fourth-order valence-corrected chi connectivity index (χ4v) is 1.01. The van der Waals surface area contributed by atoms with Crippen molar-refractivity contribution >= 4 is 62.4 Å². The van der Waals surface area contributed by atoms with E-state index in [1.54, 1.807) is 0 Å². The van der Waals surface area contributed by atoms with E-state index in [4.69, 9.17) is 0 Å². The second kappa shape index (κ2) is 3.78. The summed E-state index contributed by atoms with van der Waals surface area (Å²) in [5.41, 5.74) is 3.12. The third-order valence-corrected chi connectivity index (χ3v) is 1.56. The van der Waals surface area contributed by atoms with Gasteiger partial charge in [-0.2, -0.15) is 0 Å². The van der Waals surface area contributed by atoms with Gasteiger partial charge < -0.3 is 0 Å². The summed E-state index contributed by atoms with van der Waals surface area (Å²) >= 11 is 0. The van der Waals surface area contributed by atoms with Crippen LogP contribution >= 0.6 is 0 Å². The molecule has 0 unspecified atom stereocenters. The van der Waals surface area contributed by atoms with Crippen molar-refractivity contribution in [3.05, 3.63) is 23.8 Å². The Bertz CT molecular complexity index is 355. The van der Waals surface area contributed by atoms with Crippen LogP contribution in [0.3, 0.4) is 0 Å². The summed E-state index contributed by atoms with van der Waals surface area (Å²) in [4.78, 5) is 0. The molecule has 0 saturated carbocycles. The first-order valence-electron chi connectivity index (χ1n) is 3.14. The van der Waals surface area contributed by atoms with Crippen LogP contribution in [0.5, 0.6) is 0 Å². The van der Waals surface area contributed by atoms with E-state index in [1.807, 2.05) is 25.1 Å². The number of aryl methyl sites for hydroxylation is 1. The molecule has 0 bridgehead atoms. The van der Waals surface area contributed by atoms with E-state index in [0.29, 0.717) is 0 Å². The summed E-state index contributed by atoms with van der Waals surface area (Å²) in [6.45, 7) is 2.02. The average Bonchev–Trinajstić information content (AvgIpc) is 2.36. The Hall–Kier alpha value is 0.256. The Balaban J connectivity index is 0.000000605. The van der Waals surface area contributed by atoms with Crippen LogP contribution in [-0.4, -0.2) is 66.8 Å². The van der Waals surface area contributed by atoms with E-state index in [0.717, 1.165) is 16.6 Å². The van der Waals surface area contributed by atoms with Gasteiger partial charge in [-0.25, -0.2) is 0 Å². The van der Waals surface area contributed by atoms with Gasteiger partial charge >= 0.3 is 51.4 Å². The van der Waals surface area contributed by atoms with Crippen molar-refractivity contribution in [1.82, 2.24) is 15.4 Å². The van der Waals surface area contributed by atoms with Gasteiger partial charge in [-0.05, 0) is 18.6 Å². The van der Waals surface area contributed by atoms with Gasteiger partial charge in [-0.15, -0.1) is 5.10 Å². The van der Waals surface area contributed by atoms with E-state index in [2.05, 4.69) is 15.4 Å². The van der Waals surface area contributed by atoms with Crippen LogP contribution in [0.1, 0.15) is 5.56 Å². The SMILES string of the molecule is Cc1cccc2[nH]nnc12.[KH]. The Labute approximate surface area is 107 Å². The fourth-order valence-electron chi connectivity index (χ4n) is 1.01. The maximum atomic E-state index is 3.91. The van der Waals surface area contributed by atoms with Gasteiger partial charge in [-0.3, -0.25) is 5.10 Å². The van der Waals surface area contributed by atoms with E-state index < -0.39 is 0 Å². The summed E-state index contributed by atoms with van der Waals surface area (Å²) in [5.74, 6) is 0. The van der Waals surface area contributed by atoms with Crippen LogP contribution in [0.2, 0.25) is 0 Å². The number of nitrogens with zero attached hydrogens (tertiary/aromatic N) is 2. The maximum absolute atomic E-state index is 3.91. The topological polar surface area (TPSA) is 41.6 Å². The normalized spacial score (nSPS) is 9.55. The molecule has 0 aliphatic carbocycles. The van der Waals surface area contributed by atoms with E-state index in [-0.39, 0.29) is 51.4 Å². The predicted molar refractivity (Wildman–Crippen MR) is 45.8 cm³/mol. The second-order valence-electron chi connectivity index (χ2n) is 2.28. The zero-order valence-corrected chi connectivity index (χ0v) is 5.63. The van der Waals surface area contributed by atoms with Crippen molar-refractivity contribution in [1.29, 1.82) is 0 Å². The van der Waals surface area contributed by atoms with Crippen molar-refractivity contribution in [3.63, 3.8) is 0 Å². The number of H-pyrrole nitrogens is 1. The fraction of sp³-hybridized carbons (Fsp3) is 0.143. The molecule has 3 nitrogen and oxygen atoms in total. The minimum atomic E-state index is 0. The van der Waals surface area contributed by atoms with Gasteiger partial charge in [0, 0.05) is 0 Å². The summed E-state index contributed by atoms with van der Waals surface area (Å²) in [7, 11) is 0. The number of rotatable bonds is 0. The number of benzene rings is 1. The molecule has 1 aromatic carbocycles. The van der Waals surface area contributed by atoms with Crippen molar-refractivity contribution in [2.75, 3.05) is 0 Å². The van der Waals surface area contributed by atoms with Crippen molar-refractivity contribution in [2.24, 2.45) is 0 Å². The van der Waals surface area contributed by atoms with Gasteiger partial charge in [0.1, 0.15) is 5.52 Å². The van der Waals surface area contributed by atoms with Gasteiger partial charge in [0.2, 0.25) is 0 Å². The number of hydrogen-bond acceptors (Lipinski definition) is 2. The molecule has 2 rings (SSSR count). The van der Waals surface area contributed by atoms with E-state index in [9.17, 15) is 0 Å². The molecule has 1 aromatic heterocycles. The predicted octanol–water partition coefficient (Wildman–Crippen LogP) is 0.618. The van der Waals surface area contributed by atoms with Gasteiger partial charge in [0.25, 0.3) is 0 Å². The van der Waals surface area contributed by atoms with Crippen molar-refractivity contribution in [2.45, 2.75) is 6.92 Å². The monoisotopic (exact) mass is 173 g/mol. The molecular weight excluding hydrogens is 165 g/mol. The zero-order chi connectivity index (χ0) is 6.97. The molecule has 1 N–H and O–H groups in total. The molecule has 0 saturated heterocycles. The molecule has 0 fully saturated rings. The molecule has 2 aromatic rings. The number of aromatic amines is 1. The number of nitrogens with one attached hydrogen (secondary N) is 1. The zero-order valence-electron chi connectivity index (χ0n) is 5.63. The molecule has 0 aliphatic heterocycles. The van der Waals surface area contributed by atoms with Crippen LogP contribution in [0.4, 0.5) is 0 Å². The first-order chi connectivity index (χ1) is 4.88. The van der Waals surface area contributed by atoms with Crippen LogP contribution in [0, 0.1) is 6.92 Å². The molecule has 0 atom stereocenters. The molecule has 0 aliphatic rings. The Morgan fingerprint density at radius 2 is 2.18 bits per heavy atom. The summed E-state index contributed by atoms with van der Waals surface area (Å²) < 4.78 is 0. The van der Waals surface area contributed by atoms with Crippen molar-refractivity contribution in [3.8, 4) is 0 Å². The molecule has 52 valence electrons. The summed E-state index contributed by atoms with van der Waals surface area (Å²) in [5, 5.41) is 10.4. The Morgan fingerprint density at radius 3 is 2.91 bits per heavy atom. The average molecular weight is 173 g/mol. The second-order valence-corrected chi connectivity index (χ2v) is 2.28. The van der Waals surface area contributed by atoms with Crippen LogP contribution < -0.4 is 0 Å². The first kappa shape index (κ1) is 9.35. The Morgan fingerprint density at radius 1 is 1.36 bits per heavy atom. The molecule has 4 heteroatoms. The molecule has 0 spiro atoms. The van der Waals surface area contributed by atoms with Crippen LogP contribution in [-0.2, 0) is 0 Å². The van der Waals surface area contributed by atoms with Crippen molar-refractivity contribution < 1.29 is 0 Å². The molecule has 0 radical (unpaired) electrons. The molecule has 11 heavy (non-hydrogen) atoms. The first-order valence-corrected chi connectivity index (χ1v) is 3.14. The number of hydrogen-bond donors (Lipinski definition) is 1. The van der Waals surface area contributed by atoms with E-state index in [1.165, 1.54) is 0 Å². The van der Waals surface area contributed by atoms with Gasteiger partial charge in [-0.1, -0.05) is 17.3 Å². The summed E-state index contributed by atoms with van der Waals surface area (Å²) in [6, 6.07) is 5.96. The molecule has 0 amide bonds. The van der Waals surface area contributed by atoms with Gasteiger partial charge in [0.05, 0.1) is 5.52 Å². The number of fused-ring (bicyclic) bond motifs is 1. The van der Waals surface area contributed by atoms with Gasteiger partial charge in [0.15, 0.2) is 0 Å². The summed E-state index contributed by atoms with van der Waals surface area (Å²) in [6.07, 6.45) is 0. The van der Waals surface area contributed by atoms with Crippen LogP contribution in [0.15, 0.2) is 18.2 Å². The van der Waals surface area contributed by atoms with E-state index >= 15 is 0 Å². The quantitative estimate of drug-likeness (QED) is 0.593. The van der Waals surface area contributed by atoms with Crippen LogP contribution in [0.25, 0.3) is 11.0 Å². The molecular formula is C7H8KN3. The molecule has 1 heterocycles. The third-order valence-electron chi connectivity index (χ3n) is 1.56. The Kier molecular flexibility index (Phi) is 3.21. The third kappa shape index (κ3) is 1.70. The number of aromatic nitrogens is 3. The minimum absolute atomic E-state index is 0. The standard InChI is InChI=1S/C7H7N3.K.H/c1-5-3-2-4-6-7(5)9-10-8-6;;/h2-4H,1H3,(H,8,9,10);;.